The Bertz CT molecular complexity index is 692. The van der Waals surface area contributed by atoms with Gasteiger partial charge in [-0.25, -0.2) is 0 Å². The van der Waals surface area contributed by atoms with E-state index >= 15 is 0 Å². The number of allylic oxidation sites excluding steroid dienone is 1. The molecule has 1 aliphatic rings. The molecule has 0 bridgehead atoms. The molecule has 0 radical (unpaired) electrons. The average Bonchev–Trinajstić information content (AvgIpc) is 3.15. The molecule has 5 heteroatoms. The lowest BCUT2D eigenvalue weighted by atomic mass is 9.97. The van der Waals surface area contributed by atoms with E-state index in [1.807, 2.05) is 18.2 Å². The molecule has 0 spiro atoms. The first-order valence-electron chi connectivity index (χ1n) is 8.50. The van der Waals surface area contributed by atoms with Crippen molar-refractivity contribution < 1.29 is 9.21 Å². The van der Waals surface area contributed by atoms with E-state index in [4.69, 9.17) is 4.42 Å². The van der Waals surface area contributed by atoms with Crippen LogP contribution in [0.3, 0.4) is 0 Å². The minimum atomic E-state index is -0.131. The van der Waals surface area contributed by atoms with Gasteiger partial charge in [-0.3, -0.25) is 9.78 Å². The van der Waals surface area contributed by atoms with Crippen molar-refractivity contribution in [1.82, 2.24) is 10.3 Å². The van der Waals surface area contributed by atoms with Crippen molar-refractivity contribution in [3.8, 4) is 0 Å². The summed E-state index contributed by atoms with van der Waals surface area (Å²) in [7, 11) is 0. The van der Waals surface area contributed by atoms with Crippen LogP contribution >= 0.6 is 0 Å². The van der Waals surface area contributed by atoms with Crippen molar-refractivity contribution >= 4 is 11.6 Å². The monoisotopic (exact) mass is 325 g/mol. The van der Waals surface area contributed by atoms with Crippen LogP contribution in [0.15, 0.2) is 52.8 Å². The number of anilines is 1. The summed E-state index contributed by atoms with van der Waals surface area (Å²) in [6, 6.07) is 7.36. The molecular formula is C19H23N3O2. The molecule has 24 heavy (non-hydrogen) atoms. The molecule has 126 valence electrons. The highest BCUT2D eigenvalue weighted by Crippen LogP contribution is 2.19. The predicted molar refractivity (Wildman–Crippen MR) is 93.8 cm³/mol. The Hall–Kier alpha value is -2.56. The number of amides is 1. The maximum Gasteiger partial charge on any atom is 0.269 e. The molecule has 5 nitrogen and oxygen atoms in total. The van der Waals surface area contributed by atoms with E-state index in [1.165, 1.54) is 31.3 Å². The van der Waals surface area contributed by atoms with Gasteiger partial charge < -0.3 is 15.1 Å². The molecule has 2 heterocycles. The minimum Gasteiger partial charge on any atom is -0.467 e. The van der Waals surface area contributed by atoms with E-state index in [9.17, 15) is 4.79 Å². The maximum absolute atomic E-state index is 12.2. The Labute approximate surface area is 142 Å². The quantitative estimate of drug-likeness (QED) is 0.758. The van der Waals surface area contributed by atoms with E-state index < -0.39 is 0 Å². The molecular weight excluding hydrogens is 302 g/mol. The summed E-state index contributed by atoms with van der Waals surface area (Å²) in [4.78, 5) is 16.4. The largest absolute Gasteiger partial charge is 0.467 e. The van der Waals surface area contributed by atoms with Gasteiger partial charge in [0.15, 0.2) is 0 Å². The molecule has 0 aromatic carbocycles. The Morgan fingerprint density at radius 3 is 3.04 bits per heavy atom. The van der Waals surface area contributed by atoms with Gasteiger partial charge in [-0.05, 0) is 56.4 Å². The highest BCUT2D eigenvalue weighted by molar-refractivity contribution is 5.93. The van der Waals surface area contributed by atoms with Crippen LogP contribution in [-0.4, -0.2) is 17.4 Å². The number of hydrogen-bond acceptors (Lipinski definition) is 4. The molecule has 3 rings (SSSR count). The van der Waals surface area contributed by atoms with Gasteiger partial charge in [-0.2, -0.15) is 0 Å². The van der Waals surface area contributed by atoms with E-state index in [1.54, 1.807) is 18.5 Å². The fourth-order valence-electron chi connectivity index (χ4n) is 2.83. The molecule has 2 aromatic rings. The zero-order chi connectivity index (χ0) is 16.6. The number of pyridine rings is 1. The summed E-state index contributed by atoms with van der Waals surface area (Å²) in [5.41, 5.74) is 2.74. The number of furan rings is 1. The highest BCUT2D eigenvalue weighted by atomic mass is 16.3. The van der Waals surface area contributed by atoms with Crippen LogP contribution < -0.4 is 10.6 Å². The second kappa shape index (κ2) is 8.34. The highest BCUT2D eigenvalue weighted by Gasteiger charge is 2.09. The lowest BCUT2D eigenvalue weighted by molar-refractivity contribution is 0.0949. The first kappa shape index (κ1) is 16.3. The Balaban J connectivity index is 1.49. The molecule has 0 atom stereocenters. The number of carbonyl (C=O) groups is 1. The standard InChI is InChI=1S/C19H23N3O2/c23-19(21-10-8-15-5-2-1-3-6-15)18-13-16(9-11-20-18)22-14-17-7-4-12-24-17/h4-5,7,9,11-13H,1-3,6,8,10,14H2,(H,20,22)(H,21,23). The van der Waals surface area contributed by atoms with Crippen LogP contribution in [0.4, 0.5) is 5.69 Å². The van der Waals surface area contributed by atoms with Crippen LogP contribution in [0.5, 0.6) is 0 Å². The lowest BCUT2D eigenvalue weighted by Gasteiger charge is -2.13. The predicted octanol–water partition coefficient (Wildman–Crippen LogP) is 3.91. The van der Waals surface area contributed by atoms with Gasteiger partial charge in [-0.15, -0.1) is 0 Å². The molecule has 0 unspecified atom stereocenters. The van der Waals surface area contributed by atoms with Crippen LogP contribution in [-0.2, 0) is 6.54 Å². The zero-order valence-electron chi connectivity index (χ0n) is 13.8. The number of nitrogens with zero attached hydrogens (tertiary/aromatic N) is 1. The second-order valence-electron chi connectivity index (χ2n) is 5.98. The molecule has 0 saturated heterocycles. The first-order valence-corrected chi connectivity index (χ1v) is 8.50. The normalized spacial score (nSPS) is 14.1. The Morgan fingerprint density at radius 1 is 1.29 bits per heavy atom. The van der Waals surface area contributed by atoms with Crippen LogP contribution in [0, 0.1) is 0 Å². The van der Waals surface area contributed by atoms with Gasteiger partial charge in [-0.1, -0.05) is 11.6 Å². The van der Waals surface area contributed by atoms with Crippen LogP contribution in [0.25, 0.3) is 0 Å². The summed E-state index contributed by atoms with van der Waals surface area (Å²) in [5, 5.41) is 6.18. The van der Waals surface area contributed by atoms with Gasteiger partial charge in [0.05, 0.1) is 12.8 Å². The third-order valence-electron chi connectivity index (χ3n) is 4.16. The molecule has 0 saturated carbocycles. The van der Waals surface area contributed by atoms with E-state index in [2.05, 4.69) is 21.7 Å². The lowest BCUT2D eigenvalue weighted by Crippen LogP contribution is -2.25. The maximum atomic E-state index is 12.2. The number of aromatic nitrogens is 1. The summed E-state index contributed by atoms with van der Waals surface area (Å²) < 4.78 is 5.28. The van der Waals surface area contributed by atoms with Gasteiger partial charge in [0.2, 0.25) is 0 Å². The molecule has 1 amide bonds. The van der Waals surface area contributed by atoms with Gasteiger partial charge in [0.25, 0.3) is 5.91 Å². The fraction of sp³-hybridized carbons (Fsp3) is 0.368. The van der Waals surface area contributed by atoms with Gasteiger partial charge >= 0.3 is 0 Å². The third-order valence-corrected chi connectivity index (χ3v) is 4.16. The summed E-state index contributed by atoms with van der Waals surface area (Å²) in [6.45, 7) is 1.24. The summed E-state index contributed by atoms with van der Waals surface area (Å²) >= 11 is 0. The zero-order valence-corrected chi connectivity index (χ0v) is 13.8. The van der Waals surface area contributed by atoms with Crippen molar-refractivity contribution in [3.63, 3.8) is 0 Å². The van der Waals surface area contributed by atoms with Crippen molar-refractivity contribution in [1.29, 1.82) is 0 Å². The number of rotatable bonds is 7. The molecule has 2 aromatic heterocycles. The summed E-state index contributed by atoms with van der Waals surface area (Å²) in [5.74, 6) is 0.714. The average molecular weight is 325 g/mol. The van der Waals surface area contributed by atoms with E-state index in [0.29, 0.717) is 18.8 Å². The topological polar surface area (TPSA) is 67.2 Å². The van der Waals surface area contributed by atoms with Crippen LogP contribution in [0.2, 0.25) is 0 Å². The third kappa shape index (κ3) is 4.72. The number of nitrogens with one attached hydrogen (secondary N) is 2. The molecule has 0 fully saturated rings. The smallest absolute Gasteiger partial charge is 0.269 e. The Kier molecular flexibility index (Phi) is 5.66. The van der Waals surface area contributed by atoms with Gasteiger partial charge in [0, 0.05) is 18.4 Å². The van der Waals surface area contributed by atoms with Crippen molar-refractivity contribution in [2.75, 3.05) is 11.9 Å². The van der Waals surface area contributed by atoms with Crippen LogP contribution in [0.1, 0.15) is 48.4 Å². The van der Waals surface area contributed by atoms with Gasteiger partial charge in [0.1, 0.15) is 11.5 Å². The molecule has 1 aliphatic carbocycles. The van der Waals surface area contributed by atoms with E-state index in [-0.39, 0.29) is 5.91 Å². The first-order chi connectivity index (χ1) is 11.8. The van der Waals surface area contributed by atoms with Crippen molar-refractivity contribution in [3.05, 3.63) is 59.8 Å². The molecule has 2 N–H and O–H groups in total. The second-order valence-corrected chi connectivity index (χ2v) is 5.98. The number of hydrogen-bond donors (Lipinski definition) is 2. The fourth-order valence-corrected chi connectivity index (χ4v) is 2.83. The summed E-state index contributed by atoms with van der Waals surface area (Å²) in [6.07, 6.45) is 11.4. The van der Waals surface area contributed by atoms with E-state index in [0.717, 1.165) is 17.9 Å². The SMILES string of the molecule is O=C(NCCC1=CCCCC1)c1cc(NCc2ccco2)ccn1. The minimum absolute atomic E-state index is 0.131. The number of carbonyl (C=O) groups excluding carboxylic acids is 1. The molecule has 0 aliphatic heterocycles. The van der Waals surface area contributed by atoms with Crippen molar-refractivity contribution in [2.45, 2.75) is 38.6 Å². The van der Waals surface area contributed by atoms with Crippen molar-refractivity contribution in [2.24, 2.45) is 0 Å². The Morgan fingerprint density at radius 2 is 2.25 bits per heavy atom.